The fraction of sp³-hybridized carbons (Fsp3) is 0.143. The van der Waals surface area contributed by atoms with Crippen molar-refractivity contribution < 1.29 is 4.92 Å². The molecule has 0 fully saturated rings. The molecular formula is C14H15NO2S. The number of nitro groups is 1. The number of nitro benzene ring substituents is 1. The zero-order chi connectivity index (χ0) is 13.4. The number of benzene rings is 2. The largest absolute Gasteiger partial charge is 0.269 e. The van der Waals surface area contributed by atoms with Gasteiger partial charge in [-0.2, -0.15) is 0 Å². The first kappa shape index (κ1) is 14.3. The van der Waals surface area contributed by atoms with Crippen molar-refractivity contribution in [3.63, 3.8) is 0 Å². The number of rotatable bonds is 3. The maximum Gasteiger partial charge on any atom is 0.269 e. The molecule has 4 heteroatoms. The third kappa shape index (κ3) is 4.22. The lowest BCUT2D eigenvalue weighted by Gasteiger charge is -2.00. The van der Waals surface area contributed by atoms with Gasteiger partial charge in [0.15, 0.2) is 0 Å². The molecule has 0 heterocycles. The first-order chi connectivity index (χ1) is 8.75. The second-order valence-corrected chi connectivity index (χ2v) is 4.31. The molecule has 2 rings (SSSR count). The second kappa shape index (κ2) is 7.50. The van der Waals surface area contributed by atoms with Crippen molar-refractivity contribution in [1.29, 1.82) is 0 Å². The van der Waals surface area contributed by atoms with E-state index in [1.54, 1.807) is 23.9 Å². The van der Waals surface area contributed by atoms with E-state index in [0.717, 1.165) is 9.79 Å². The Morgan fingerprint density at radius 1 is 0.889 bits per heavy atom. The van der Waals surface area contributed by atoms with Gasteiger partial charge in [-0.15, -0.1) is 0 Å². The first-order valence-corrected chi connectivity index (χ1v) is 6.55. The van der Waals surface area contributed by atoms with E-state index in [2.05, 4.69) is 0 Å². The minimum Gasteiger partial charge on any atom is -0.258 e. The van der Waals surface area contributed by atoms with Gasteiger partial charge >= 0.3 is 0 Å². The lowest BCUT2D eigenvalue weighted by molar-refractivity contribution is -0.384. The van der Waals surface area contributed by atoms with E-state index in [9.17, 15) is 10.1 Å². The van der Waals surface area contributed by atoms with E-state index >= 15 is 0 Å². The Hall–Kier alpha value is -1.81. The molecule has 0 aliphatic carbocycles. The quantitative estimate of drug-likeness (QED) is 0.590. The number of non-ortho nitro benzene ring substituents is 1. The summed E-state index contributed by atoms with van der Waals surface area (Å²) >= 11 is 1.59. The number of hydrogen-bond donors (Lipinski definition) is 0. The Morgan fingerprint density at radius 2 is 1.39 bits per heavy atom. The Kier molecular flexibility index (Phi) is 5.94. The Morgan fingerprint density at radius 3 is 1.89 bits per heavy atom. The highest BCUT2D eigenvalue weighted by Gasteiger charge is 2.04. The van der Waals surface area contributed by atoms with Gasteiger partial charge in [-0.3, -0.25) is 10.1 Å². The van der Waals surface area contributed by atoms with Crippen LogP contribution in [0.1, 0.15) is 13.8 Å². The van der Waals surface area contributed by atoms with Crippen LogP contribution in [-0.2, 0) is 0 Å². The highest BCUT2D eigenvalue weighted by Crippen LogP contribution is 2.28. The van der Waals surface area contributed by atoms with Gasteiger partial charge in [0.2, 0.25) is 0 Å². The normalized spacial score (nSPS) is 9.22. The van der Waals surface area contributed by atoms with Crippen molar-refractivity contribution in [1.82, 2.24) is 0 Å². The molecule has 0 aromatic heterocycles. The summed E-state index contributed by atoms with van der Waals surface area (Å²) in [7, 11) is 0. The molecule has 0 atom stereocenters. The molecule has 3 nitrogen and oxygen atoms in total. The zero-order valence-electron chi connectivity index (χ0n) is 10.4. The molecule has 0 saturated heterocycles. The molecule has 0 bridgehead atoms. The summed E-state index contributed by atoms with van der Waals surface area (Å²) in [5.41, 5.74) is 0.123. The molecule has 94 valence electrons. The summed E-state index contributed by atoms with van der Waals surface area (Å²) in [6.45, 7) is 4.00. The van der Waals surface area contributed by atoms with Gasteiger partial charge in [0.05, 0.1) is 4.92 Å². The highest BCUT2D eigenvalue weighted by atomic mass is 32.2. The maximum absolute atomic E-state index is 10.5. The average molecular weight is 261 g/mol. The lowest BCUT2D eigenvalue weighted by atomic mass is 10.3. The van der Waals surface area contributed by atoms with Crippen molar-refractivity contribution in [2.24, 2.45) is 0 Å². The molecule has 18 heavy (non-hydrogen) atoms. The van der Waals surface area contributed by atoms with E-state index in [-0.39, 0.29) is 5.69 Å². The van der Waals surface area contributed by atoms with Crippen LogP contribution in [0.15, 0.2) is 64.4 Å². The Labute approximate surface area is 111 Å². The molecule has 0 aliphatic rings. The topological polar surface area (TPSA) is 43.1 Å². The summed E-state index contributed by atoms with van der Waals surface area (Å²) in [5.74, 6) is 0. The van der Waals surface area contributed by atoms with Crippen molar-refractivity contribution in [2.75, 3.05) is 0 Å². The van der Waals surface area contributed by atoms with Crippen molar-refractivity contribution in [3.05, 3.63) is 64.7 Å². The van der Waals surface area contributed by atoms with Crippen LogP contribution in [0.2, 0.25) is 0 Å². The predicted octanol–water partition coefficient (Wildman–Crippen LogP) is 4.77. The van der Waals surface area contributed by atoms with Gasteiger partial charge in [0.1, 0.15) is 0 Å². The van der Waals surface area contributed by atoms with Gasteiger partial charge in [0.25, 0.3) is 5.69 Å². The smallest absolute Gasteiger partial charge is 0.258 e. The molecule has 0 radical (unpaired) electrons. The molecule has 0 N–H and O–H groups in total. The van der Waals surface area contributed by atoms with Crippen molar-refractivity contribution in [3.8, 4) is 0 Å². The van der Waals surface area contributed by atoms with E-state index in [0.29, 0.717) is 0 Å². The fourth-order valence-corrected chi connectivity index (χ4v) is 2.10. The van der Waals surface area contributed by atoms with Crippen LogP contribution in [0.5, 0.6) is 0 Å². The van der Waals surface area contributed by atoms with Gasteiger partial charge in [-0.05, 0) is 24.3 Å². The van der Waals surface area contributed by atoms with Crippen LogP contribution in [0.3, 0.4) is 0 Å². The minimum atomic E-state index is -0.392. The fourth-order valence-electron chi connectivity index (χ4n) is 1.26. The summed E-state index contributed by atoms with van der Waals surface area (Å²) in [6.07, 6.45) is 0. The monoisotopic (exact) mass is 261 g/mol. The van der Waals surface area contributed by atoms with Crippen molar-refractivity contribution >= 4 is 17.4 Å². The highest BCUT2D eigenvalue weighted by molar-refractivity contribution is 7.99. The standard InChI is InChI=1S/C12H9NO2S.C2H6/c14-13(15)10-6-8-12(9-7-10)16-11-4-2-1-3-5-11;1-2/h1-9H;1-2H3. The Bertz CT molecular complexity index is 483. The SMILES string of the molecule is CC.O=[N+]([O-])c1ccc(Sc2ccccc2)cc1. The third-order valence-corrected chi connectivity index (χ3v) is 3.04. The van der Waals surface area contributed by atoms with Gasteiger partial charge in [-0.25, -0.2) is 0 Å². The van der Waals surface area contributed by atoms with Crippen LogP contribution in [0.4, 0.5) is 5.69 Å². The number of hydrogen-bond acceptors (Lipinski definition) is 3. The second-order valence-electron chi connectivity index (χ2n) is 3.17. The summed E-state index contributed by atoms with van der Waals surface area (Å²) in [6, 6.07) is 16.5. The van der Waals surface area contributed by atoms with Crippen LogP contribution in [0, 0.1) is 10.1 Å². The molecule has 0 unspecified atom stereocenters. The molecule has 0 spiro atoms. The molecule has 0 saturated carbocycles. The molecule has 0 aliphatic heterocycles. The summed E-state index contributed by atoms with van der Waals surface area (Å²) < 4.78 is 0. The molecule has 0 amide bonds. The van der Waals surface area contributed by atoms with Crippen molar-refractivity contribution in [2.45, 2.75) is 23.6 Å². The van der Waals surface area contributed by atoms with Crippen LogP contribution >= 0.6 is 11.8 Å². The maximum atomic E-state index is 10.5. The third-order valence-electron chi connectivity index (χ3n) is 2.03. The van der Waals surface area contributed by atoms with E-state index in [4.69, 9.17) is 0 Å². The van der Waals surface area contributed by atoms with Crippen LogP contribution in [-0.4, -0.2) is 4.92 Å². The van der Waals surface area contributed by atoms with Crippen LogP contribution in [0.25, 0.3) is 0 Å². The van der Waals surface area contributed by atoms with Gasteiger partial charge < -0.3 is 0 Å². The zero-order valence-corrected chi connectivity index (χ0v) is 11.2. The Balaban J connectivity index is 0.000000771. The van der Waals surface area contributed by atoms with Crippen LogP contribution < -0.4 is 0 Å². The lowest BCUT2D eigenvalue weighted by Crippen LogP contribution is -1.86. The van der Waals surface area contributed by atoms with Gasteiger partial charge in [-0.1, -0.05) is 43.8 Å². The summed E-state index contributed by atoms with van der Waals surface area (Å²) in [5, 5.41) is 10.5. The number of nitrogens with zero attached hydrogens (tertiary/aromatic N) is 1. The molecular weight excluding hydrogens is 246 g/mol. The summed E-state index contributed by atoms with van der Waals surface area (Å²) in [4.78, 5) is 12.2. The van der Waals surface area contributed by atoms with Gasteiger partial charge in [0, 0.05) is 21.9 Å². The predicted molar refractivity (Wildman–Crippen MR) is 75.0 cm³/mol. The van der Waals surface area contributed by atoms with E-state index in [1.807, 2.05) is 44.2 Å². The van der Waals surface area contributed by atoms with E-state index < -0.39 is 4.92 Å². The van der Waals surface area contributed by atoms with E-state index in [1.165, 1.54) is 12.1 Å². The minimum absolute atomic E-state index is 0.123. The first-order valence-electron chi connectivity index (χ1n) is 5.73. The molecule has 2 aromatic carbocycles. The average Bonchev–Trinajstić information content (AvgIpc) is 2.43. The molecule has 2 aromatic rings.